The van der Waals surface area contributed by atoms with Gasteiger partial charge in [0.05, 0.1) is 11.4 Å². The van der Waals surface area contributed by atoms with Gasteiger partial charge in [-0.1, -0.05) is 58.0 Å². The summed E-state index contributed by atoms with van der Waals surface area (Å²) in [7, 11) is 0. The summed E-state index contributed by atoms with van der Waals surface area (Å²) in [6.07, 6.45) is 1.79. The van der Waals surface area contributed by atoms with Crippen LogP contribution in [0.25, 0.3) is 0 Å². The smallest absolute Gasteiger partial charge is 0.234 e. The van der Waals surface area contributed by atoms with Crippen LogP contribution in [0.4, 0.5) is 5.69 Å². The number of nitrogens with one attached hydrogen (secondary N) is 1. The summed E-state index contributed by atoms with van der Waals surface area (Å²) in [6, 6.07) is 16.1. The molecule has 5 nitrogen and oxygen atoms in total. The van der Waals surface area contributed by atoms with Gasteiger partial charge in [0.15, 0.2) is 5.16 Å². The molecule has 2 aromatic carbocycles. The van der Waals surface area contributed by atoms with Gasteiger partial charge in [-0.25, -0.2) is 0 Å². The fourth-order valence-corrected chi connectivity index (χ4v) is 4.80. The molecule has 29 heavy (non-hydrogen) atoms. The van der Waals surface area contributed by atoms with E-state index < -0.39 is 0 Å². The number of carbonyl (C=O) groups is 1. The molecule has 1 aromatic heterocycles. The van der Waals surface area contributed by atoms with Gasteiger partial charge in [0.25, 0.3) is 0 Å². The largest absolute Gasteiger partial charge is 0.324 e. The molecule has 0 aliphatic carbocycles. The molecule has 0 spiro atoms. The number of benzene rings is 2. The zero-order valence-corrected chi connectivity index (χ0v) is 19.2. The molecule has 0 radical (unpaired) electrons. The van der Waals surface area contributed by atoms with Crippen molar-refractivity contribution in [2.24, 2.45) is 0 Å². The van der Waals surface area contributed by atoms with Gasteiger partial charge in [-0.3, -0.25) is 4.79 Å². The highest BCUT2D eigenvalue weighted by atomic mass is 79.9. The summed E-state index contributed by atoms with van der Waals surface area (Å²) in [5, 5.41) is 12.0. The Bertz CT molecular complexity index is 1010. The van der Waals surface area contributed by atoms with Crippen LogP contribution in [-0.2, 0) is 17.1 Å². The Morgan fingerprint density at radius 2 is 2.03 bits per heavy atom. The molecule has 0 saturated carbocycles. The number of thioether (sulfide) groups is 2. The van der Waals surface area contributed by atoms with E-state index in [2.05, 4.69) is 50.2 Å². The van der Waals surface area contributed by atoms with Crippen LogP contribution in [0.15, 0.2) is 75.7 Å². The highest BCUT2D eigenvalue weighted by Gasteiger charge is 2.12. The van der Waals surface area contributed by atoms with Gasteiger partial charge in [-0.15, -0.1) is 28.5 Å². The van der Waals surface area contributed by atoms with E-state index in [1.807, 2.05) is 47.9 Å². The Hall–Kier alpha value is -2.03. The zero-order valence-electron chi connectivity index (χ0n) is 16.0. The molecule has 0 aliphatic rings. The summed E-state index contributed by atoms with van der Waals surface area (Å²) in [6.45, 7) is 6.26. The first-order valence-corrected chi connectivity index (χ1v) is 11.7. The summed E-state index contributed by atoms with van der Waals surface area (Å²) < 4.78 is 3.00. The monoisotopic (exact) mass is 488 g/mol. The van der Waals surface area contributed by atoms with Crippen molar-refractivity contribution in [1.82, 2.24) is 14.8 Å². The van der Waals surface area contributed by atoms with Crippen LogP contribution < -0.4 is 5.32 Å². The van der Waals surface area contributed by atoms with Gasteiger partial charge >= 0.3 is 0 Å². The Morgan fingerprint density at radius 3 is 2.83 bits per heavy atom. The topological polar surface area (TPSA) is 59.8 Å². The molecule has 150 valence electrons. The number of anilines is 1. The lowest BCUT2D eigenvalue weighted by Crippen LogP contribution is -2.15. The Balaban J connectivity index is 1.60. The minimum Gasteiger partial charge on any atom is -0.324 e. The predicted molar refractivity (Wildman–Crippen MR) is 124 cm³/mol. The molecule has 0 fully saturated rings. The first-order valence-electron chi connectivity index (χ1n) is 8.96. The van der Waals surface area contributed by atoms with E-state index in [4.69, 9.17) is 0 Å². The van der Waals surface area contributed by atoms with Gasteiger partial charge in [0, 0.05) is 21.7 Å². The third-order valence-corrected chi connectivity index (χ3v) is 6.60. The van der Waals surface area contributed by atoms with Crippen LogP contribution in [0.2, 0.25) is 0 Å². The predicted octanol–water partition coefficient (Wildman–Crippen LogP) is 5.56. The number of halogens is 1. The number of rotatable bonds is 9. The van der Waals surface area contributed by atoms with Crippen LogP contribution >= 0.6 is 39.5 Å². The number of hydrogen-bond donors (Lipinski definition) is 1. The van der Waals surface area contributed by atoms with Crippen molar-refractivity contribution in [1.29, 1.82) is 0 Å². The summed E-state index contributed by atoms with van der Waals surface area (Å²) in [5.41, 5.74) is 2.04. The maximum Gasteiger partial charge on any atom is 0.234 e. The van der Waals surface area contributed by atoms with E-state index in [0.717, 1.165) is 31.8 Å². The number of amides is 1. The van der Waals surface area contributed by atoms with E-state index in [1.54, 1.807) is 17.8 Å². The van der Waals surface area contributed by atoms with E-state index in [0.29, 0.717) is 6.54 Å². The molecule has 0 unspecified atom stereocenters. The van der Waals surface area contributed by atoms with Crippen molar-refractivity contribution in [2.45, 2.75) is 29.3 Å². The number of aryl methyl sites for hydroxylation is 1. The number of aromatic nitrogens is 3. The van der Waals surface area contributed by atoms with Crippen LogP contribution in [0, 0.1) is 6.92 Å². The molecule has 8 heteroatoms. The second kappa shape index (κ2) is 10.7. The Labute approximate surface area is 187 Å². The maximum atomic E-state index is 12.5. The molecular formula is C21H21BrN4OS2. The van der Waals surface area contributed by atoms with Crippen molar-refractivity contribution in [3.8, 4) is 0 Å². The van der Waals surface area contributed by atoms with Crippen LogP contribution in [0.3, 0.4) is 0 Å². The first kappa shape index (κ1) is 21.7. The first-order chi connectivity index (χ1) is 14.1. The number of para-hydroxylation sites is 1. The van der Waals surface area contributed by atoms with E-state index >= 15 is 0 Å². The summed E-state index contributed by atoms with van der Waals surface area (Å²) in [4.78, 5) is 13.5. The van der Waals surface area contributed by atoms with Crippen molar-refractivity contribution in [3.05, 3.63) is 77.0 Å². The van der Waals surface area contributed by atoms with Gasteiger partial charge < -0.3 is 9.88 Å². The molecule has 3 rings (SSSR count). The quantitative estimate of drug-likeness (QED) is 0.315. The van der Waals surface area contributed by atoms with Gasteiger partial charge in [0.1, 0.15) is 5.82 Å². The average molecular weight is 489 g/mol. The number of allylic oxidation sites excluding steroid dienone is 1. The minimum atomic E-state index is -0.0729. The van der Waals surface area contributed by atoms with Crippen LogP contribution in [0.1, 0.15) is 11.4 Å². The maximum absolute atomic E-state index is 12.5. The van der Waals surface area contributed by atoms with Gasteiger partial charge in [0.2, 0.25) is 5.91 Å². The Morgan fingerprint density at radius 1 is 1.21 bits per heavy atom. The molecule has 0 bridgehead atoms. The second-order valence-corrected chi connectivity index (χ2v) is 9.06. The Kier molecular flexibility index (Phi) is 7.97. The molecule has 1 heterocycles. The van der Waals surface area contributed by atoms with Crippen molar-refractivity contribution in [2.75, 3.05) is 11.1 Å². The molecule has 3 aromatic rings. The fraction of sp³-hybridized carbons (Fsp3) is 0.190. The third kappa shape index (κ3) is 6.22. The van der Waals surface area contributed by atoms with Gasteiger partial charge in [-0.05, 0) is 36.8 Å². The summed E-state index contributed by atoms with van der Waals surface area (Å²) in [5.74, 6) is 1.82. The number of nitrogens with zero attached hydrogens (tertiary/aromatic N) is 3. The molecular weight excluding hydrogens is 468 g/mol. The van der Waals surface area contributed by atoms with Crippen molar-refractivity contribution < 1.29 is 4.79 Å². The number of hydrogen-bond acceptors (Lipinski definition) is 5. The normalized spacial score (nSPS) is 10.7. The van der Waals surface area contributed by atoms with Crippen LogP contribution in [0.5, 0.6) is 0 Å². The van der Waals surface area contributed by atoms with E-state index in [-0.39, 0.29) is 11.7 Å². The van der Waals surface area contributed by atoms with E-state index in [1.165, 1.54) is 17.3 Å². The SMILES string of the molecule is C=CCn1c(C)nnc1SCC(=O)Nc1ccccc1SCc1cccc(Br)c1. The average Bonchev–Trinajstić information content (AvgIpc) is 3.06. The fourth-order valence-electron chi connectivity index (χ4n) is 2.61. The van der Waals surface area contributed by atoms with Crippen molar-refractivity contribution >= 4 is 51.0 Å². The summed E-state index contributed by atoms with van der Waals surface area (Å²) >= 11 is 6.57. The highest BCUT2D eigenvalue weighted by molar-refractivity contribution is 9.10. The molecule has 0 atom stereocenters. The van der Waals surface area contributed by atoms with E-state index in [9.17, 15) is 4.79 Å². The second-order valence-electron chi connectivity index (χ2n) is 6.18. The van der Waals surface area contributed by atoms with Crippen LogP contribution in [-0.4, -0.2) is 26.4 Å². The van der Waals surface area contributed by atoms with Gasteiger partial charge in [-0.2, -0.15) is 0 Å². The standard InChI is InChI=1S/C21H21BrN4OS2/c1-3-11-26-15(2)24-25-21(26)29-14-20(27)23-18-9-4-5-10-19(18)28-13-16-7-6-8-17(22)12-16/h3-10,12H,1,11,13-14H2,2H3,(H,23,27). The lowest BCUT2D eigenvalue weighted by Gasteiger charge is -2.11. The highest BCUT2D eigenvalue weighted by Crippen LogP contribution is 2.30. The third-order valence-electron chi connectivity index (χ3n) is 3.99. The lowest BCUT2D eigenvalue weighted by molar-refractivity contribution is -0.113. The molecule has 0 saturated heterocycles. The molecule has 0 aliphatic heterocycles. The number of carbonyl (C=O) groups excluding carboxylic acids is 1. The van der Waals surface area contributed by atoms with Crippen molar-refractivity contribution in [3.63, 3.8) is 0 Å². The zero-order chi connectivity index (χ0) is 20.6. The lowest BCUT2D eigenvalue weighted by atomic mass is 10.2. The minimum absolute atomic E-state index is 0.0729. The molecule has 1 amide bonds. The molecule has 1 N–H and O–H groups in total.